The second kappa shape index (κ2) is 15.7. The lowest BCUT2D eigenvalue weighted by Crippen LogP contribution is -2.45. The monoisotopic (exact) mass is 440 g/mol. The smallest absolute Gasteiger partial charge is 0.244 e. The van der Waals surface area contributed by atoms with Gasteiger partial charge in [-0.25, -0.2) is 0 Å². The fraction of sp³-hybridized carbons (Fsp3) is 0.643. The average Bonchev–Trinajstić information content (AvgIpc) is 2.80. The highest BCUT2D eigenvalue weighted by Gasteiger charge is 2.33. The molecule has 1 aliphatic rings. The predicted octanol–water partition coefficient (Wildman–Crippen LogP) is 6.64. The maximum atomic E-state index is 12.8. The normalized spacial score (nSPS) is 15.8. The lowest BCUT2D eigenvalue weighted by atomic mass is 9.91. The molecule has 0 spiro atoms. The molecule has 1 unspecified atom stereocenters. The van der Waals surface area contributed by atoms with Gasteiger partial charge in [0.05, 0.1) is 0 Å². The van der Waals surface area contributed by atoms with Crippen molar-refractivity contribution in [1.29, 1.82) is 0 Å². The molecular formula is C28H44N2O2. The van der Waals surface area contributed by atoms with Crippen molar-refractivity contribution in [3.63, 3.8) is 0 Å². The summed E-state index contributed by atoms with van der Waals surface area (Å²) in [5.41, 5.74) is 7.68. The van der Waals surface area contributed by atoms with E-state index in [9.17, 15) is 9.59 Å². The van der Waals surface area contributed by atoms with Crippen molar-refractivity contribution < 1.29 is 9.59 Å². The number of carbonyl (C=O) groups excluding carboxylic acids is 2. The Morgan fingerprint density at radius 1 is 0.906 bits per heavy atom. The highest BCUT2D eigenvalue weighted by Crippen LogP contribution is 2.30. The first kappa shape index (κ1) is 26.2. The number of unbranched alkanes of at least 4 members (excludes halogenated alkanes) is 11. The molecule has 0 aliphatic carbocycles. The summed E-state index contributed by atoms with van der Waals surface area (Å²) < 4.78 is 0. The molecule has 2 amide bonds. The van der Waals surface area contributed by atoms with Gasteiger partial charge in [0, 0.05) is 13.0 Å². The number of hydrogen-bond acceptors (Lipinski definition) is 2. The maximum Gasteiger partial charge on any atom is 0.244 e. The Labute approximate surface area is 195 Å². The first-order chi connectivity index (χ1) is 15.6. The zero-order valence-corrected chi connectivity index (χ0v) is 20.2. The number of nitrogens with two attached hydrogens (primary N) is 1. The molecule has 1 aliphatic heterocycles. The van der Waals surface area contributed by atoms with E-state index in [2.05, 4.69) is 19.1 Å². The van der Waals surface area contributed by atoms with Crippen molar-refractivity contribution in [2.75, 3.05) is 6.54 Å². The third kappa shape index (κ3) is 9.18. The summed E-state index contributed by atoms with van der Waals surface area (Å²) in [5, 5.41) is 0. The molecule has 2 N–H and O–H groups in total. The third-order valence-electron chi connectivity index (χ3n) is 6.53. The van der Waals surface area contributed by atoms with E-state index in [4.69, 9.17) is 5.73 Å². The van der Waals surface area contributed by atoms with Crippen LogP contribution in [0.1, 0.15) is 114 Å². The Kier molecular flexibility index (Phi) is 12.8. The van der Waals surface area contributed by atoms with Crippen LogP contribution in [0.3, 0.4) is 0 Å². The molecule has 1 aromatic rings. The van der Waals surface area contributed by atoms with E-state index in [0.717, 1.165) is 30.4 Å². The summed E-state index contributed by atoms with van der Waals surface area (Å²) in [5.74, 6) is -0.373. The Balaban J connectivity index is 1.53. The standard InChI is InChI=1S/C28H44N2O2/c1-2-3-4-5-6-7-8-9-10-11-12-13-14-15-16-21-26(31)30-23-22-24-19-17-18-20-25(24)27(30)28(29)32/h7-8,17-20,27H,2-6,9-16,21-23H2,1H3,(H2,29,32). The molecule has 1 heterocycles. The van der Waals surface area contributed by atoms with Crippen LogP contribution in [0.2, 0.25) is 0 Å². The van der Waals surface area contributed by atoms with Gasteiger partial charge in [-0.2, -0.15) is 0 Å². The Morgan fingerprint density at radius 3 is 2.16 bits per heavy atom. The largest absolute Gasteiger partial charge is 0.368 e. The lowest BCUT2D eigenvalue weighted by molar-refractivity contribution is -0.140. The van der Waals surface area contributed by atoms with Crippen LogP contribution < -0.4 is 5.73 Å². The van der Waals surface area contributed by atoms with E-state index in [1.807, 2.05) is 24.3 Å². The van der Waals surface area contributed by atoms with E-state index in [1.54, 1.807) is 4.90 Å². The Hall–Kier alpha value is -2.10. The number of fused-ring (bicyclic) bond motifs is 1. The van der Waals surface area contributed by atoms with Gasteiger partial charge in [-0.15, -0.1) is 0 Å². The highest BCUT2D eigenvalue weighted by atomic mass is 16.2. The molecule has 32 heavy (non-hydrogen) atoms. The first-order valence-corrected chi connectivity index (χ1v) is 13.0. The van der Waals surface area contributed by atoms with Crippen molar-refractivity contribution in [2.24, 2.45) is 5.73 Å². The van der Waals surface area contributed by atoms with Gasteiger partial charge in [-0.1, -0.05) is 94.7 Å². The van der Waals surface area contributed by atoms with Gasteiger partial charge in [-0.05, 0) is 49.7 Å². The zero-order chi connectivity index (χ0) is 23.0. The highest BCUT2D eigenvalue weighted by molar-refractivity contribution is 5.88. The topological polar surface area (TPSA) is 63.4 Å². The first-order valence-electron chi connectivity index (χ1n) is 13.0. The summed E-state index contributed by atoms with van der Waals surface area (Å²) in [6.45, 7) is 2.83. The van der Waals surface area contributed by atoms with Gasteiger partial charge in [0.2, 0.25) is 11.8 Å². The summed E-state index contributed by atoms with van der Waals surface area (Å²) in [6.07, 6.45) is 22.1. The molecule has 0 aromatic heterocycles. The van der Waals surface area contributed by atoms with Gasteiger partial charge < -0.3 is 10.6 Å². The number of hydrogen-bond donors (Lipinski definition) is 1. The molecule has 0 saturated heterocycles. The van der Waals surface area contributed by atoms with Crippen LogP contribution >= 0.6 is 0 Å². The molecule has 0 radical (unpaired) electrons. The third-order valence-corrected chi connectivity index (χ3v) is 6.53. The molecule has 4 heteroatoms. The minimum Gasteiger partial charge on any atom is -0.368 e. The van der Waals surface area contributed by atoms with Gasteiger partial charge in [0.1, 0.15) is 6.04 Å². The maximum absolute atomic E-state index is 12.8. The number of nitrogens with zero attached hydrogens (tertiary/aromatic N) is 1. The number of rotatable bonds is 16. The lowest BCUT2D eigenvalue weighted by Gasteiger charge is -2.35. The molecule has 2 rings (SSSR count). The van der Waals surface area contributed by atoms with Crippen LogP contribution in [0, 0.1) is 0 Å². The molecule has 4 nitrogen and oxygen atoms in total. The molecule has 178 valence electrons. The van der Waals surface area contributed by atoms with Crippen molar-refractivity contribution in [3.05, 3.63) is 47.5 Å². The van der Waals surface area contributed by atoms with Crippen molar-refractivity contribution in [1.82, 2.24) is 4.90 Å². The van der Waals surface area contributed by atoms with E-state index in [1.165, 1.54) is 70.6 Å². The van der Waals surface area contributed by atoms with Gasteiger partial charge in [-0.3, -0.25) is 9.59 Å². The minimum absolute atomic E-state index is 0.0600. The zero-order valence-electron chi connectivity index (χ0n) is 20.2. The quantitative estimate of drug-likeness (QED) is 0.231. The van der Waals surface area contributed by atoms with Gasteiger partial charge >= 0.3 is 0 Å². The van der Waals surface area contributed by atoms with E-state index in [0.29, 0.717) is 13.0 Å². The van der Waals surface area contributed by atoms with Crippen LogP contribution in [0.25, 0.3) is 0 Å². The molecular weight excluding hydrogens is 396 g/mol. The van der Waals surface area contributed by atoms with Crippen molar-refractivity contribution in [3.8, 4) is 0 Å². The van der Waals surface area contributed by atoms with Crippen LogP contribution in [-0.2, 0) is 16.0 Å². The Bertz CT molecular complexity index is 713. The summed E-state index contributed by atoms with van der Waals surface area (Å²) in [4.78, 5) is 26.5. The predicted molar refractivity (Wildman–Crippen MR) is 133 cm³/mol. The SMILES string of the molecule is CCCCCCC=CCCCCCCCCCC(=O)N1CCc2ccccc2C1C(N)=O. The van der Waals surface area contributed by atoms with Crippen molar-refractivity contribution >= 4 is 11.8 Å². The number of primary amides is 1. The fourth-order valence-corrected chi connectivity index (χ4v) is 4.63. The summed E-state index contributed by atoms with van der Waals surface area (Å²) in [7, 11) is 0. The second-order valence-corrected chi connectivity index (χ2v) is 9.18. The summed E-state index contributed by atoms with van der Waals surface area (Å²) >= 11 is 0. The molecule has 0 saturated carbocycles. The second-order valence-electron chi connectivity index (χ2n) is 9.18. The van der Waals surface area contributed by atoms with Crippen molar-refractivity contribution in [2.45, 2.75) is 109 Å². The molecule has 1 aromatic carbocycles. The van der Waals surface area contributed by atoms with Crippen LogP contribution in [0.4, 0.5) is 0 Å². The number of benzene rings is 1. The minimum atomic E-state index is -0.613. The fourth-order valence-electron chi connectivity index (χ4n) is 4.63. The van der Waals surface area contributed by atoms with Gasteiger partial charge in [0.25, 0.3) is 0 Å². The molecule has 0 fully saturated rings. The van der Waals surface area contributed by atoms with Crippen LogP contribution in [0.15, 0.2) is 36.4 Å². The molecule has 1 atom stereocenters. The van der Waals surface area contributed by atoms with E-state index < -0.39 is 11.9 Å². The Morgan fingerprint density at radius 2 is 1.50 bits per heavy atom. The van der Waals surface area contributed by atoms with Crippen LogP contribution in [-0.4, -0.2) is 23.3 Å². The molecule has 0 bridgehead atoms. The summed E-state index contributed by atoms with van der Waals surface area (Å²) in [6, 6.07) is 7.22. The number of allylic oxidation sites excluding steroid dienone is 2. The van der Waals surface area contributed by atoms with Crippen LogP contribution in [0.5, 0.6) is 0 Å². The van der Waals surface area contributed by atoms with E-state index >= 15 is 0 Å². The van der Waals surface area contributed by atoms with Gasteiger partial charge in [0.15, 0.2) is 0 Å². The van der Waals surface area contributed by atoms with E-state index in [-0.39, 0.29) is 5.91 Å². The number of carbonyl (C=O) groups is 2. The number of amides is 2. The average molecular weight is 441 g/mol.